The SMILES string of the molecule is CCCc1nc(C)c(C(=O)N2CCN(C(=O)C3CCCO3)CC2)s1. The molecule has 2 aliphatic heterocycles. The molecule has 1 aromatic heterocycles. The Kier molecular flexibility index (Phi) is 5.50. The molecular weight excluding hydrogens is 326 g/mol. The maximum Gasteiger partial charge on any atom is 0.265 e. The molecule has 7 heteroatoms. The fourth-order valence-electron chi connectivity index (χ4n) is 3.22. The fourth-order valence-corrected chi connectivity index (χ4v) is 4.36. The van der Waals surface area contributed by atoms with Crippen LogP contribution in [0.2, 0.25) is 0 Å². The highest BCUT2D eigenvalue weighted by molar-refractivity contribution is 7.13. The van der Waals surface area contributed by atoms with Gasteiger partial charge >= 0.3 is 0 Å². The molecule has 132 valence electrons. The van der Waals surface area contributed by atoms with E-state index >= 15 is 0 Å². The Morgan fingerprint density at radius 1 is 1.25 bits per heavy atom. The van der Waals surface area contributed by atoms with Gasteiger partial charge in [0.15, 0.2) is 0 Å². The van der Waals surface area contributed by atoms with Crippen molar-refractivity contribution in [3.8, 4) is 0 Å². The molecule has 0 bridgehead atoms. The zero-order valence-corrected chi connectivity index (χ0v) is 15.2. The zero-order chi connectivity index (χ0) is 17.1. The van der Waals surface area contributed by atoms with Crippen LogP contribution >= 0.6 is 11.3 Å². The van der Waals surface area contributed by atoms with Gasteiger partial charge in [-0.05, 0) is 32.6 Å². The van der Waals surface area contributed by atoms with Gasteiger partial charge < -0.3 is 14.5 Å². The van der Waals surface area contributed by atoms with Crippen LogP contribution in [0.3, 0.4) is 0 Å². The molecule has 0 aromatic carbocycles. The minimum Gasteiger partial charge on any atom is -0.368 e. The van der Waals surface area contributed by atoms with Crippen LogP contribution < -0.4 is 0 Å². The van der Waals surface area contributed by atoms with E-state index in [1.54, 1.807) is 0 Å². The Morgan fingerprint density at radius 3 is 2.58 bits per heavy atom. The van der Waals surface area contributed by atoms with Crippen molar-refractivity contribution in [2.75, 3.05) is 32.8 Å². The molecule has 3 rings (SSSR count). The topological polar surface area (TPSA) is 62.7 Å². The molecule has 6 nitrogen and oxygen atoms in total. The number of piperazine rings is 1. The van der Waals surface area contributed by atoms with Crippen LogP contribution in [-0.4, -0.2) is 65.5 Å². The normalized spacial score (nSPS) is 21.3. The van der Waals surface area contributed by atoms with Crippen molar-refractivity contribution >= 4 is 23.2 Å². The summed E-state index contributed by atoms with van der Waals surface area (Å²) in [6.45, 7) is 7.03. The predicted octanol–water partition coefficient (Wildman–Crippen LogP) is 1.87. The molecule has 2 aliphatic rings. The molecule has 1 unspecified atom stereocenters. The lowest BCUT2D eigenvalue weighted by molar-refractivity contribution is -0.142. The number of hydrogen-bond acceptors (Lipinski definition) is 5. The second kappa shape index (κ2) is 7.61. The van der Waals surface area contributed by atoms with E-state index in [9.17, 15) is 9.59 Å². The van der Waals surface area contributed by atoms with Crippen molar-refractivity contribution in [3.05, 3.63) is 15.6 Å². The molecule has 0 saturated carbocycles. The van der Waals surface area contributed by atoms with E-state index < -0.39 is 0 Å². The van der Waals surface area contributed by atoms with Crippen LogP contribution in [0.4, 0.5) is 0 Å². The first-order valence-electron chi connectivity index (χ1n) is 8.76. The maximum absolute atomic E-state index is 12.7. The molecule has 2 saturated heterocycles. The van der Waals surface area contributed by atoms with Crippen molar-refractivity contribution in [2.45, 2.75) is 45.6 Å². The van der Waals surface area contributed by atoms with Crippen LogP contribution in [0.1, 0.15) is 46.6 Å². The molecule has 0 spiro atoms. The largest absolute Gasteiger partial charge is 0.368 e. The van der Waals surface area contributed by atoms with Crippen molar-refractivity contribution in [3.63, 3.8) is 0 Å². The second-order valence-electron chi connectivity index (χ2n) is 6.39. The summed E-state index contributed by atoms with van der Waals surface area (Å²) in [6, 6.07) is 0. The zero-order valence-electron chi connectivity index (χ0n) is 14.4. The first-order valence-corrected chi connectivity index (χ1v) is 9.57. The third-order valence-corrected chi connectivity index (χ3v) is 5.79. The van der Waals surface area contributed by atoms with Crippen molar-refractivity contribution in [1.82, 2.24) is 14.8 Å². The van der Waals surface area contributed by atoms with Crippen LogP contribution in [-0.2, 0) is 16.0 Å². The van der Waals surface area contributed by atoms with E-state index in [0.717, 1.165) is 41.3 Å². The number of aryl methyl sites for hydroxylation is 2. The van der Waals surface area contributed by atoms with E-state index in [0.29, 0.717) is 32.8 Å². The Morgan fingerprint density at radius 2 is 1.96 bits per heavy atom. The molecule has 0 aliphatic carbocycles. The van der Waals surface area contributed by atoms with Gasteiger partial charge in [0.1, 0.15) is 11.0 Å². The summed E-state index contributed by atoms with van der Waals surface area (Å²) in [5, 5.41) is 1.03. The second-order valence-corrected chi connectivity index (χ2v) is 7.47. The molecule has 0 N–H and O–H groups in total. The quantitative estimate of drug-likeness (QED) is 0.831. The van der Waals surface area contributed by atoms with Gasteiger partial charge in [-0.1, -0.05) is 6.92 Å². The number of rotatable bonds is 4. The Balaban J connectivity index is 1.58. The summed E-state index contributed by atoms with van der Waals surface area (Å²) < 4.78 is 5.47. The predicted molar refractivity (Wildman–Crippen MR) is 92.3 cm³/mol. The fraction of sp³-hybridized carbons (Fsp3) is 0.706. The number of amides is 2. The summed E-state index contributed by atoms with van der Waals surface area (Å²) in [7, 11) is 0. The van der Waals surface area contributed by atoms with Crippen LogP contribution in [0, 0.1) is 6.92 Å². The van der Waals surface area contributed by atoms with Gasteiger partial charge in [0.2, 0.25) is 0 Å². The Hall–Kier alpha value is -1.47. The summed E-state index contributed by atoms with van der Waals surface area (Å²) in [5.41, 5.74) is 0.825. The lowest BCUT2D eigenvalue weighted by Gasteiger charge is -2.35. The van der Waals surface area contributed by atoms with Gasteiger partial charge in [0, 0.05) is 32.8 Å². The number of aromatic nitrogens is 1. The first kappa shape index (κ1) is 17.4. The van der Waals surface area contributed by atoms with Gasteiger partial charge in [0.25, 0.3) is 11.8 Å². The van der Waals surface area contributed by atoms with Crippen molar-refractivity contribution < 1.29 is 14.3 Å². The van der Waals surface area contributed by atoms with Gasteiger partial charge in [-0.15, -0.1) is 11.3 Å². The summed E-state index contributed by atoms with van der Waals surface area (Å²) in [6.07, 6.45) is 3.46. The average Bonchev–Trinajstić information content (AvgIpc) is 3.24. The van der Waals surface area contributed by atoms with E-state index in [1.165, 1.54) is 11.3 Å². The Labute approximate surface area is 146 Å². The number of ether oxygens (including phenoxy) is 1. The highest BCUT2D eigenvalue weighted by Crippen LogP contribution is 2.22. The molecular formula is C17H25N3O3S. The van der Waals surface area contributed by atoms with Gasteiger partial charge in [-0.2, -0.15) is 0 Å². The van der Waals surface area contributed by atoms with Crippen molar-refractivity contribution in [1.29, 1.82) is 0 Å². The number of carbonyl (C=O) groups is 2. The van der Waals surface area contributed by atoms with Crippen molar-refractivity contribution in [2.24, 2.45) is 0 Å². The molecule has 1 aromatic rings. The molecule has 24 heavy (non-hydrogen) atoms. The molecule has 1 atom stereocenters. The molecule has 2 amide bonds. The highest BCUT2D eigenvalue weighted by atomic mass is 32.1. The third kappa shape index (κ3) is 3.62. The van der Waals surface area contributed by atoms with Gasteiger partial charge in [0.05, 0.1) is 10.7 Å². The average molecular weight is 351 g/mol. The lowest BCUT2D eigenvalue weighted by atomic mass is 10.2. The van der Waals surface area contributed by atoms with Gasteiger partial charge in [-0.3, -0.25) is 9.59 Å². The Bertz CT molecular complexity index is 602. The maximum atomic E-state index is 12.7. The monoisotopic (exact) mass is 351 g/mol. The van der Waals surface area contributed by atoms with E-state index in [-0.39, 0.29) is 17.9 Å². The number of thiazole rings is 1. The summed E-state index contributed by atoms with van der Waals surface area (Å²) in [5.74, 6) is 0.135. The van der Waals surface area contributed by atoms with E-state index in [2.05, 4.69) is 11.9 Å². The smallest absolute Gasteiger partial charge is 0.265 e. The van der Waals surface area contributed by atoms with Crippen LogP contribution in [0.5, 0.6) is 0 Å². The van der Waals surface area contributed by atoms with Gasteiger partial charge in [-0.25, -0.2) is 4.98 Å². The first-order chi connectivity index (χ1) is 11.6. The number of nitrogens with zero attached hydrogens (tertiary/aromatic N) is 3. The van der Waals surface area contributed by atoms with E-state index in [1.807, 2.05) is 16.7 Å². The standard InChI is InChI=1S/C17H25N3O3S/c1-3-5-14-18-12(2)15(24-14)17(22)20-9-7-19(8-10-20)16(21)13-6-4-11-23-13/h13H,3-11H2,1-2H3. The highest BCUT2D eigenvalue weighted by Gasteiger charge is 2.32. The number of carbonyl (C=O) groups excluding carboxylic acids is 2. The summed E-state index contributed by atoms with van der Waals surface area (Å²) in [4.78, 5) is 34.0. The van der Waals surface area contributed by atoms with E-state index in [4.69, 9.17) is 4.74 Å². The van der Waals surface area contributed by atoms with Crippen LogP contribution in [0.25, 0.3) is 0 Å². The number of hydrogen-bond donors (Lipinski definition) is 0. The molecule has 0 radical (unpaired) electrons. The lowest BCUT2D eigenvalue weighted by Crippen LogP contribution is -2.52. The minimum atomic E-state index is -0.271. The minimum absolute atomic E-state index is 0.0524. The van der Waals surface area contributed by atoms with Crippen LogP contribution in [0.15, 0.2) is 0 Å². The third-order valence-electron chi connectivity index (χ3n) is 4.58. The summed E-state index contributed by atoms with van der Waals surface area (Å²) >= 11 is 1.51. The molecule has 3 heterocycles. The molecule has 2 fully saturated rings.